The fourth-order valence-corrected chi connectivity index (χ4v) is 2.99. The molecule has 1 aliphatic rings. The number of rotatable bonds is 6. The zero-order valence-corrected chi connectivity index (χ0v) is 14.1. The lowest BCUT2D eigenvalue weighted by molar-refractivity contribution is 0.0104. The Morgan fingerprint density at radius 3 is 2.42 bits per heavy atom. The van der Waals surface area contributed by atoms with Crippen LogP contribution in [0.15, 0.2) is 30.3 Å². The number of aromatic nitrogens is 2. The molecule has 0 unspecified atom stereocenters. The normalized spacial score (nSPS) is 16.1. The first-order valence-corrected chi connectivity index (χ1v) is 8.16. The van der Waals surface area contributed by atoms with E-state index in [4.69, 9.17) is 9.47 Å². The minimum Gasteiger partial charge on any atom is -0.491 e. The van der Waals surface area contributed by atoms with Crippen LogP contribution in [0.3, 0.4) is 0 Å². The van der Waals surface area contributed by atoms with Crippen LogP contribution in [0, 0.1) is 0 Å². The van der Waals surface area contributed by atoms with Crippen LogP contribution in [0.5, 0.6) is 11.6 Å². The molecule has 0 aliphatic heterocycles. The fraction of sp³-hybridized carbons (Fsp3) is 0.444. The number of nitrogens with one attached hydrogen (secondary N) is 1. The van der Waals surface area contributed by atoms with E-state index in [0.717, 1.165) is 42.5 Å². The second kappa shape index (κ2) is 7.15. The van der Waals surface area contributed by atoms with E-state index in [0.29, 0.717) is 18.2 Å². The van der Waals surface area contributed by atoms with Crippen molar-refractivity contribution < 1.29 is 14.6 Å². The SMILES string of the molecule is COc1cc(-c2ccc(CNC3(O)CCCC3)cc2)nnc1OC. The van der Waals surface area contributed by atoms with Crippen LogP contribution in [-0.2, 0) is 6.54 Å². The maximum atomic E-state index is 10.3. The Morgan fingerprint density at radius 1 is 1.08 bits per heavy atom. The van der Waals surface area contributed by atoms with Gasteiger partial charge in [0.1, 0.15) is 5.72 Å². The molecule has 1 aromatic heterocycles. The van der Waals surface area contributed by atoms with Crippen molar-refractivity contribution >= 4 is 0 Å². The Morgan fingerprint density at radius 2 is 1.79 bits per heavy atom. The van der Waals surface area contributed by atoms with Gasteiger partial charge in [-0.05, 0) is 31.2 Å². The van der Waals surface area contributed by atoms with Crippen LogP contribution >= 0.6 is 0 Å². The fourth-order valence-electron chi connectivity index (χ4n) is 2.99. The van der Waals surface area contributed by atoms with Gasteiger partial charge in [-0.1, -0.05) is 24.3 Å². The van der Waals surface area contributed by atoms with Gasteiger partial charge in [0, 0.05) is 18.2 Å². The summed E-state index contributed by atoms with van der Waals surface area (Å²) in [5.74, 6) is 0.920. The summed E-state index contributed by atoms with van der Waals surface area (Å²) in [7, 11) is 3.11. The molecule has 128 valence electrons. The van der Waals surface area contributed by atoms with E-state index in [1.54, 1.807) is 13.2 Å². The van der Waals surface area contributed by atoms with Crippen molar-refractivity contribution in [2.75, 3.05) is 14.2 Å². The molecule has 1 heterocycles. The first kappa shape index (κ1) is 16.7. The van der Waals surface area contributed by atoms with Gasteiger partial charge in [-0.15, -0.1) is 10.2 Å². The van der Waals surface area contributed by atoms with Gasteiger partial charge in [-0.3, -0.25) is 5.32 Å². The standard InChI is InChI=1S/C18H23N3O3/c1-23-16-11-15(20-21-17(16)24-2)14-7-5-13(6-8-14)12-19-18(22)9-3-4-10-18/h5-8,11,19,22H,3-4,9-10,12H2,1-2H3. The summed E-state index contributed by atoms with van der Waals surface area (Å²) in [6.07, 6.45) is 3.82. The molecule has 6 heteroatoms. The van der Waals surface area contributed by atoms with E-state index in [9.17, 15) is 5.11 Å². The van der Waals surface area contributed by atoms with Crippen molar-refractivity contribution in [3.8, 4) is 22.9 Å². The average molecular weight is 329 g/mol. The van der Waals surface area contributed by atoms with E-state index in [-0.39, 0.29) is 0 Å². The molecule has 0 bridgehead atoms. The molecule has 0 radical (unpaired) electrons. The number of benzene rings is 1. The van der Waals surface area contributed by atoms with Gasteiger partial charge in [0.25, 0.3) is 5.88 Å². The van der Waals surface area contributed by atoms with Crippen LogP contribution in [0.25, 0.3) is 11.3 Å². The molecule has 24 heavy (non-hydrogen) atoms. The van der Waals surface area contributed by atoms with Crippen LogP contribution < -0.4 is 14.8 Å². The quantitative estimate of drug-likeness (QED) is 0.793. The second-order valence-electron chi connectivity index (χ2n) is 6.10. The van der Waals surface area contributed by atoms with Gasteiger partial charge in [0.2, 0.25) is 0 Å². The number of hydrogen-bond donors (Lipinski definition) is 2. The van der Waals surface area contributed by atoms with Crippen molar-refractivity contribution in [1.29, 1.82) is 0 Å². The highest BCUT2D eigenvalue weighted by atomic mass is 16.5. The summed E-state index contributed by atoms with van der Waals surface area (Å²) in [6.45, 7) is 0.647. The zero-order chi connectivity index (χ0) is 17.0. The van der Waals surface area contributed by atoms with Crippen molar-refractivity contribution in [1.82, 2.24) is 15.5 Å². The highest BCUT2D eigenvalue weighted by molar-refractivity contribution is 5.61. The third-order valence-electron chi connectivity index (χ3n) is 4.44. The predicted molar refractivity (Wildman–Crippen MR) is 90.8 cm³/mol. The van der Waals surface area contributed by atoms with Gasteiger partial charge in [0.05, 0.1) is 19.9 Å². The monoisotopic (exact) mass is 329 g/mol. The molecule has 1 saturated carbocycles. The molecule has 0 amide bonds. The molecule has 6 nitrogen and oxygen atoms in total. The molecule has 1 aromatic carbocycles. The molecular formula is C18H23N3O3. The molecule has 1 aliphatic carbocycles. The summed E-state index contributed by atoms with van der Waals surface area (Å²) in [4.78, 5) is 0. The Kier molecular flexibility index (Phi) is 4.97. The molecule has 0 spiro atoms. The number of methoxy groups -OCH3 is 2. The van der Waals surface area contributed by atoms with Crippen molar-refractivity contribution in [2.45, 2.75) is 38.0 Å². The zero-order valence-electron chi connectivity index (χ0n) is 14.1. The van der Waals surface area contributed by atoms with Gasteiger partial charge >= 0.3 is 0 Å². The van der Waals surface area contributed by atoms with E-state index in [2.05, 4.69) is 15.5 Å². The first-order chi connectivity index (χ1) is 11.6. The first-order valence-electron chi connectivity index (χ1n) is 8.16. The van der Waals surface area contributed by atoms with E-state index >= 15 is 0 Å². The van der Waals surface area contributed by atoms with Crippen LogP contribution in [0.4, 0.5) is 0 Å². The molecule has 3 rings (SSSR count). The lowest BCUT2D eigenvalue weighted by Crippen LogP contribution is -2.41. The maximum absolute atomic E-state index is 10.3. The lowest BCUT2D eigenvalue weighted by Gasteiger charge is -2.23. The van der Waals surface area contributed by atoms with Crippen molar-refractivity contribution in [3.63, 3.8) is 0 Å². The van der Waals surface area contributed by atoms with Crippen LogP contribution in [0.1, 0.15) is 31.2 Å². The topological polar surface area (TPSA) is 76.5 Å². The van der Waals surface area contributed by atoms with Gasteiger partial charge in [-0.2, -0.15) is 0 Å². The smallest absolute Gasteiger partial charge is 0.276 e. The Hall–Kier alpha value is -2.18. The largest absolute Gasteiger partial charge is 0.491 e. The minimum absolute atomic E-state index is 0.367. The van der Waals surface area contributed by atoms with E-state index in [1.165, 1.54) is 7.11 Å². The third-order valence-corrected chi connectivity index (χ3v) is 4.44. The molecule has 2 aromatic rings. The van der Waals surface area contributed by atoms with Crippen LogP contribution in [-0.4, -0.2) is 35.2 Å². The van der Waals surface area contributed by atoms with Gasteiger partial charge < -0.3 is 14.6 Å². The summed E-state index contributed by atoms with van der Waals surface area (Å²) in [5.41, 5.74) is 2.09. The molecular weight excluding hydrogens is 306 g/mol. The summed E-state index contributed by atoms with van der Waals surface area (Å²) >= 11 is 0. The summed E-state index contributed by atoms with van der Waals surface area (Å²) < 4.78 is 10.4. The summed E-state index contributed by atoms with van der Waals surface area (Å²) in [5, 5.41) is 21.8. The minimum atomic E-state index is -0.701. The molecule has 0 atom stereocenters. The number of aliphatic hydroxyl groups is 1. The second-order valence-corrected chi connectivity index (χ2v) is 6.10. The predicted octanol–water partition coefficient (Wildman–Crippen LogP) is 2.51. The Balaban J connectivity index is 1.70. The van der Waals surface area contributed by atoms with Crippen molar-refractivity contribution in [2.24, 2.45) is 0 Å². The number of hydrogen-bond acceptors (Lipinski definition) is 6. The number of nitrogens with zero attached hydrogens (tertiary/aromatic N) is 2. The maximum Gasteiger partial charge on any atom is 0.276 e. The third kappa shape index (κ3) is 3.66. The van der Waals surface area contributed by atoms with Crippen LogP contribution in [0.2, 0.25) is 0 Å². The number of ether oxygens (including phenoxy) is 2. The van der Waals surface area contributed by atoms with E-state index < -0.39 is 5.72 Å². The Bertz CT molecular complexity index is 682. The average Bonchev–Trinajstić information content (AvgIpc) is 3.07. The van der Waals surface area contributed by atoms with E-state index in [1.807, 2.05) is 24.3 Å². The highest BCUT2D eigenvalue weighted by Gasteiger charge is 2.29. The molecule has 2 N–H and O–H groups in total. The summed E-state index contributed by atoms with van der Waals surface area (Å²) in [6, 6.07) is 9.84. The van der Waals surface area contributed by atoms with Gasteiger partial charge in [0.15, 0.2) is 5.75 Å². The molecule has 1 fully saturated rings. The lowest BCUT2D eigenvalue weighted by atomic mass is 10.1. The highest BCUT2D eigenvalue weighted by Crippen LogP contribution is 2.29. The Labute approximate surface area is 141 Å². The van der Waals surface area contributed by atoms with Crippen molar-refractivity contribution in [3.05, 3.63) is 35.9 Å². The molecule has 0 saturated heterocycles. The van der Waals surface area contributed by atoms with Gasteiger partial charge in [-0.25, -0.2) is 0 Å².